The topological polar surface area (TPSA) is 117 Å². The Labute approximate surface area is 194 Å². The second-order valence-electron chi connectivity index (χ2n) is 7.36. The lowest BCUT2D eigenvalue weighted by Gasteiger charge is -2.11. The van der Waals surface area contributed by atoms with Gasteiger partial charge in [0.25, 0.3) is 0 Å². The molecule has 0 saturated heterocycles. The average molecular weight is 496 g/mol. The Morgan fingerprint density at radius 1 is 1.12 bits per heavy atom. The van der Waals surface area contributed by atoms with Crippen LogP contribution >= 0.6 is 11.3 Å². The van der Waals surface area contributed by atoms with Crippen molar-refractivity contribution in [2.24, 2.45) is 0 Å². The standard InChI is InChI=1S/C21H23F2N5O3S2/c1-28(2)12-4-11-25-33(30,31)14-9-7-13(8-10-14)26-21-27-20(24)19(32-21)18(29)17-15(22)5-3-6-16(17)23/h3,5-10,25H,4,11-12,24H2,1-2H3,(H,26,27). The Morgan fingerprint density at radius 3 is 2.36 bits per heavy atom. The van der Waals surface area contributed by atoms with Gasteiger partial charge < -0.3 is 16.0 Å². The molecular formula is C21H23F2N5O3S2. The minimum absolute atomic E-state index is 0.0995. The van der Waals surface area contributed by atoms with E-state index in [9.17, 15) is 22.0 Å². The summed E-state index contributed by atoms with van der Waals surface area (Å²) in [4.78, 5) is 18.6. The zero-order chi connectivity index (χ0) is 24.2. The number of hydrogen-bond donors (Lipinski definition) is 3. The van der Waals surface area contributed by atoms with Gasteiger partial charge in [0.2, 0.25) is 15.8 Å². The lowest BCUT2D eigenvalue weighted by Crippen LogP contribution is -2.27. The van der Waals surface area contributed by atoms with Gasteiger partial charge in [0.05, 0.1) is 10.5 Å². The number of nitrogen functional groups attached to an aromatic ring is 1. The number of anilines is 3. The second-order valence-corrected chi connectivity index (χ2v) is 10.1. The summed E-state index contributed by atoms with van der Waals surface area (Å²) in [5.41, 5.74) is 5.58. The summed E-state index contributed by atoms with van der Waals surface area (Å²) >= 11 is 0.836. The van der Waals surface area contributed by atoms with Gasteiger partial charge in [-0.25, -0.2) is 26.9 Å². The van der Waals surface area contributed by atoms with Crippen LogP contribution in [-0.4, -0.2) is 51.3 Å². The molecule has 1 aromatic heterocycles. The zero-order valence-corrected chi connectivity index (χ0v) is 19.6. The molecule has 0 fully saturated rings. The smallest absolute Gasteiger partial charge is 0.240 e. The summed E-state index contributed by atoms with van der Waals surface area (Å²) in [7, 11) is 0.175. The maximum atomic E-state index is 13.9. The quantitative estimate of drug-likeness (QED) is 0.292. The number of rotatable bonds is 10. The molecule has 0 aliphatic carbocycles. The highest BCUT2D eigenvalue weighted by Gasteiger charge is 2.24. The van der Waals surface area contributed by atoms with Crippen molar-refractivity contribution in [2.45, 2.75) is 11.3 Å². The first-order valence-electron chi connectivity index (χ1n) is 9.85. The molecule has 0 saturated carbocycles. The van der Waals surface area contributed by atoms with E-state index in [4.69, 9.17) is 5.73 Å². The Hall–Kier alpha value is -2.93. The van der Waals surface area contributed by atoms with Gasteiger partial charge in [-0.15, -0.1) is 0 Å². The second kappa shape index (κ2) is 10.3. The van der Waals surface area contributed by atoms with Gasteiger partial charge in [0.15, 0.2) is 5.13 Å². The Morgan fingerprint density at radius 2 is 1.76 bits per heavy atom. The normalized spacial score (nSPS) is 11.7. The molecule has 0 amide bonds. The number of benzene rings is 2. The van der Waals surface area contributed by atoms with E-state index in [0.717, 1.165) is 36.1 Å². The summed E-state index contributed by atoms with van der Waals surface area (Å²) in [5.74, 6) is -3.06. The zero-order valence-electron chi connectivity index (χ0n) is 17.9. The number of sulfonamides is 1. The lowest BCUT2D eigenvalue weighted by molar-refractivity contribution is 0.103. The van der Waals surface area contributed by atoms with Gasteiger partial charge in [-0.05, 0) is 63.5 Å². The van der Waals surface area contributed by atoms with Crippen LogP contribution in [0, 0.1) is 11.6 Å². The molecule has 4 N–H and O–H groups in total. The van der Waals surface area contributed by atoms with E-state index in [-0.39, 0.29) is 20.7 Å². The predicted molar refractivity (Wildman–Crippen MR) is 124 cm³/mol. The molecule has 12 heteroatoms. The highest BCUT2D eigenvalue weighted by molar-refractivity contribution is 7.89. The molecule has 176 valence electrons. The molecular weight excluding hydrogens is 472 g/mol. The summed E-state index contributed by atoms with van der Waals surface area (Å²) in [6, 6.07) is 9.04. The van der Waals surface area contributed by atoms with E-state index in [1.807, 2.05) is 19.0 Å². The van der Waals surface area contributed by atoms with Crippen molar-refractivity contribution in [3.63, 3.8) is 0 Å². The van der Waals surface area contributed by atoms with Crippen molar-refractivity contribution >= 4 is 43.8 Å². The number of carbonyl (C=O) groups is 1. The molecule has 8 nitrogen and oxygen atoms in total. The van der Waals surface area contributed by atoms with Crippen molar-refractivity contribution in [1.29, 1.82) is 0 Å². The number of thiazole rings is 1. The van der Waals surface area contributed by atoms with E-state index in [1.54, 1.807) is 0 Å². The van der Waals surface area contributed by atoms with E-state index < -0.39 is 33.0 Å². The van der Waals surface area contributed by atoms with Crippen LogP contribution in [0.1, 0.15) is 21.7 Å². The third-order valence-corrected chi connectivity index (χ3v) is 7.00. The largest absolute Gasteiger partial charge is 0.382 e. The third kappa shape index (κ3) is 6.11. The van der Waals surface area contributed by atoms with Crippen molar-refractivity contribution in [3.8, 4) is 0 Å². The Kier molecular flexibility index (Phi) is 7.74. The lowest BCUT2D eigenvalue weighted by atomic mass is 10.1. The predicted octanol–water partition coefficient (Wildman–Crippen LogP) is 3.21. The van der Waals surface area contributed by atoms with Crippen molar-refractivity contribution in [3.05, 3.63) is 64.5 Å². The number of aromatic nitrogens is 1. The summed E-state index contributed by atoms with van der Waals surface area (Å²) < 4.78 is 55.2. The maximum absolute atomic E-state index is 13.9. The third-order valence-electron chi connectivity index (χ3n) is 4.54. The fourth-order valence-electron chi connectivity index (χ4n) is 2.90. The van der Waals surface area contributed by atoms with Crippen LogP contribution < -0.4 is 15.8 Å². The molecule has 3 rings (SSSR count). The number of nitrogens with one attached hydrogen (secondary N) is 2. The molecule has 0 spiro atoms. The molecule has 0 radical (unpaired) electrons. The molecule has 33 heavy (non-hydrogen) atoms. The van der Waals surface area contributed by atoms with Crippen molar-refractivity contribution in [1.82, 2.24) is 14.6 Å². The van der Waals surface area contributed by atoms with Gasteiger partial charge in [-0.2, -0.15) is 0 Å². The SMILES string of the molecule is CN(C)CCCNS(=O)(=O)c1ccc(Nc2nc(N)c(C(=O)c3c(F)cccc3F)s2)cc1. The van der Waals surface area contributed by atoms with Crippen LogP contribution in [0.4, 0.5) is 25.4 Å². The average Bonchev–Trinajstić information content (AvgIpc) is 3.11. The molecule has 3 aromatic rings. The monoisotopic (exact) mass is 495 g/mol. The molecule has 0 bridgehead atoms. The summed E-state index contributed by atoms with van der Waals surface area (Å²) in [5, 5.41) is 3.12. The van der Waals surface area contributed by atoms with Gasteiger partial charge in [0, 0.05) is 12.2 Å². The molecule has 2 aromatic carbocycles. The summed E-state index contributed by atoms with van der Waals surface area (Å²) in [6.45, 7) is 1.08. The first-order chi connectivity index (χ1) is 15.6. The number of hydrogen-bond acceptors (Lipinski definition) is 8. The van der Waals surface area contributed by atoms with Crippen LogP contribution in [0.15, 0.2) is 47.4 Å². The molecule has 0 aliphatic heterocycles. The van der Waals surface area contributed by atoms with Crippen LogP contribution in [0.3, 0.4) is 0 Å². The van der Waals surface area contributed by atoms with Crippen LogP contribution in [0.2, 0.25) is 0 Å². The van der Waals surface area contributed by atoms with E-state index >= 15 is 0 Å². The van der Waals surface area contributed by atoms with E-state index in [1.165, 1.54) is 24.3 Å². The van der Waals surface area contributed by atoms with Crippen LogP contribution in [0.5, 0.6) is 0 Å². The Balaban J connectivity index is 1.70. The van der Waals surface area contributed by atoms with E-state index in [2.05, 4.69) is 15.0 Å². The van der Waals surface area contributed by atoms with Crippen LogP contribution in [0.25, 0.3) is 0 Å². The van der Waals surface area contributed by atoms with E-state index in [0.29, 0.717) is 18.7 Å². The maximum Gasteiger partial charge on any atom is 0.240 e. The van der Waals surface area contributed by atoms with Gasteiger partial charge in [-0.3, -0.25) is 4.79 Å². The van der Waals surface area contributed by atoms with Crippen molar-refractivity contribution < 1.29 is 22.0 Å². The van der Waals surface area contributed by atoms with Gasteiger partial charge in [0.1, 0.15) is 22.3 Å². The van der Waals surface area contributed by atoms with Crippen LogP contribution in [-0.2, 0) is 10.0 Å². The van der Waals surface area contributed by atoms with Gasteiger partial charge >= 0.3 is 0 Å². The van der Waals surface area contributed by atoms with Gasteiger partial charge in [-0.1, -0.05) is 17.4 Å². The molecule has 0 aliphatic rings. The number of nitrogens with two attached hydrogens (primary N) is 1. The summed E-state index contributed by atoms with van der Waals surface area (Å²) in [6.07, 6.45) is 0.676. The molecule has 0 atom stereocenters. The fraction of sp³-hybridized carbons (Fsp3) is 0.238. The first kappa shape index (κ1) is 24.7. The number of halogens is 2. The number of carbonyl (C=O) groups excluding carboxylic acids is 1. The van der Waals surface area contributed by atoms with Crippen molar-refractivity contribution in [2.75, 3.05) is 38.2 Å². The minimum Gasteiger partial charge on any atom is -0.382 e. The Bertz CT molecular complexity index is 1230. The first-order valence-corrected chi connectivity index (χ1v) is 12.1. The molecule has 1 heterocycles. The highest BCUT2D eigenvalue weighted by atomic mass is 32.2. The number of nitrogens with zero attached hydrogens (tertiary/aromatic N) is 2. The molecule has 0 unspecified atom stereocenters. The fourth-order valence-corrected chi connectivity index (χ4v) is 4.83. The number of ketones is 1. The minimum atomic E-state index is -3.65. The highest BCUT2D eigenvalue weighted by Crippen LogP contribution is 2.31.